The second-order valence-electron chi connectivity index (χ2n) is 3.05. The average molecular weight is 218 g/mol. The summed E-state index contributed by atoms with van der Waals surface area (Å²) in [6, 6.07) is 0. The van der Waals surface area contributed by atoms with Crippen LogP contribution in [0.15, 0.2) is 10.9 Å². The van der Waals surface area contributed by atoms with E-state index in [2.05, 4.69) is 20.0 Å². The number of alkyl halides is 1. The van der Waals surface area contributed by atoms with E-state index in [4.69, 9.17) is 11.6 Å². The predicted molar refractivity (Wildman–Crippen MR) is 51.0 cm³/mol. The van der Waals surface area contributed by atoms with E-state index < -0.39 is 5.38 Å². The maximum Gasteiger partial charge on any atom is 0.237 e. The van der Waals surface area contributed by atoms with Crippen LogP contribution in [0.5, 0.6) is 0 Å². The molecule has 1 N–H and O–H groups in total. The number of rotatable bonds is 4. The van der Waals surface area contributed by atoms with Crippen molar-refractivity contribution in [1.29, 1.82) is 0 Å². The Morgan fingerprint density at radius 3 is 2.93 bits per heavy atom. The van der Waals surface area contributed by atoms with Crippen molar-refractivity contribution in [2.24, 2.45) is 0 Å². The van der Waals surface area contributed by atoms with Crippen LogP contribution in [-0.2, 0) is 4.79 Å². The van der Waals surface area contributed by atoms with E-state index in [1.54, 1.807) is 6.92 Å². The zero-order valence-corrected chi connectivity index (χ0v) is 8.78. The van der Waals surface area contributed by atoms with Gasteiger partial charge in [0.15, 0.2) is 5.82 Å². The van der Waals surface area contributed by atoms with Crippen molar-refractivity contribution in [2.75, 3.05) is 6.54 Å². The molecule has 0 aliphatic carbocycles. The van der Waals surface area contributed by atoms with Crippen LogP contribution >= 0.6 is 11.6 Å². The first-order chi connectivity index (χ1) is 6.61. The molecule has 0 bridgehead atoms. The molecule has 1 aromatic rings. The summed E-state index contributed by atoms with van der Waals surface area (Å²) in [5.41, 5.74) is 0. The Morgan fingerprint density at radius 1 is 1.71 bits per heavy atom. The average Bonchev–Trinajstić information content (AvgIpc) is 2.66. The van der Waals surface area contributed by atoms with Gasteiger partial charge in [0.2, 0.25) is 12.3 Å². The minimum absolute atomic E-state index is 0.0214. The van der Waals surface area contributed by atoms with Crippen LogP contribution in [-0.4, -0.2) is 28.0 Å². The van der Waals surface area contributed by atoms with Gasteiger partial charge >= 0.3 is 0 Å². The molecule has 2 unspecified atom stereocenters. The van der Waals surface area contributed by atoms with Crippen LogP contribution in [0.3, 0.4) is 0 Å². The van der Waals surface area contributed by atoms with Gasteiger partial charge in [0.25, 0.3) is 0 Å². The maximum atomic E-state index is 11.1. The highest BCUT2D eigenvalue weighted by Gasteiger charge is 2.13. The lowest BCUT2D eigenvalue weighted by molar-refractivity contribution is -0.120. The standard InChI is InChI=1S/C8H12ClN3O2/c1-5(7-11-4-14-12-7)3-10-8(13)6(2)9/h4-6H,3H2,1-2H3,(H,10,13). The van der Waals surface area contributed by atoms with E-state index in [1.165, 1.54) is 6.39 Å². The fraction of sp³-hybridized carbons (Fsp3) is 0.625. The van der Waals surface area contributed by atoms with Crippen molar-refractivity contribution in [3.63, 3.8) is 0 Å². The number of carbonyl (C=O) groups is 1. The molecule has 1 rings (SSSR count). The van der Waals surface area contributed by atoms with Gasteiger partial charge in [-0.1, -0.05) is 12.1 Å². The van der Waals surface area contributed by atoms with Gasteiger partial charge in [-0.05, 0) is 6.92 Å². The zero-order chi connectivity index (χ0) is 10.6. The van der Waals surface area contributed by atoms with E-state index in [0.717, 1.165) is 0 Å². The van der Waals surface area contributed by atoms with Gasteiger partial charge < -0.3 is 9.84 Å². The number of hydrogen-bond donors (Lipinski definition) is 1. The van der Waals surface area contributed by atoms with Crippen LogP contribution in [0.1, 0.15) is 25.6 Å². The third-order valence-corrected chi connectivity index (χ3v) is 1.96. The van der Waals surface area contributed by atoms with Gasteiger partial charge in [-0.2, -0.15) is 4.98 Å². The van der Waals surface area contributed by atoms with E-state index in [-0.39, 0.29) is 11.8 Å². The second-order valence-corrected chi connectivity index (χ2v) is 3.71. The number of nitrogens with zero attached hydrogens (tertiary/aromatic N) is 2. The lowest BCUT2D eigenvalue weighted by Crippen LogP contribution is -2.32. The van der Waals surface area contributed by atoms with Gasteiger partial charge in [-0.15, -0.1) is 11.6 Å². The van der Waals surface area contributed by atoms with Crippen LogP contribution in [0.4, 0.5) is 0 Å². The van der Waals surface area contributed by atoms with Crippen molar-refractivity contribution >= 4 is 17.5 Å². The van der Waals surface area contributed by atoms with Gasteiger partial charge in [0.1, 0.15) is 5.38 Å². The highest BCUT2D eigenvalue weighted by molar-refractivity contribution is 6.30. The SMILES string of the molecule is CC(Cl)C(=O)NCC(C)c1ncon1. The van der Waals surface area contributed by atoms with Crippen molar-refractivity contribution in [3.8, 4) is 0 Å². The van der Waals surface area contributed by atoms with E-state index in [0.29, 0.717) is 12.4 Å². The maximum absolute atomic E-state index is 11.1. The Kier molecular flexibility index (Phi) is 3.88. The monoisotopic (exact) mass is 217 g/mol. The van der Waals surface area contributed by atoms with Gasteiger partial charge in [-0.25, -0.2) is 0 Å². The van der Waals surface area contributed by atoms with Gasteiger partial charge in [-0.3, -0.25) is 4.79 Å². The van der Waals surface area contributed by atoms with E-state index in [1.807, 2.05) is 6.92 Å². The molecule has 0 aromatic carbocycles. The van der Waals surface area contributed by atoms with Gasteiger partial charge in [0, 0.05) is 12.5 Å². The molecule has 0 radical (unpaired) electrons. The summed E-state index contributed by atoms with van der Waals surface area (Å²) in [6.07, 6.45) is 1.26. The molecule has 0 fully saturated rings. The Balaban J connectivity index is 2.36. The summed E-state index contributed by atoms with van der Waals surface area (Å²) in [5, 5.41) is 5.83. The molecular formula is C8H12ClN3O2. The van der Waals surface area contributed by atoms with E-state index in [9.17, 15) is 4.79 Å². The Bertz CT molecular complexity index is 287. The molecule has 0 saturated heterocycles. The summed E-state index contributed by atoms with van der Waals surface area (Å²) in [5.74, 6) is 0.405. The molecule has 6 heteroatoms. The number of nitrogens with one attached hydrogen (secondary N) is 1. The number of hydrogen-bond acceptors (Lipinski definition) is 4. The molecular weight excluding hydrogens is 206 g/mol. The quantitative estimate of drug-likeness (QED) is 0.762. The Morgan fingerprint density at radius 2 is 2.43 bits per heavy atom. The molecule has 5 nitrogen and oxygen atoms in total. The number of carbonyl (C=O) groups excluding carboxylic acids is 1. The minimum atomic E-state index is -0.521. The molecule has 0 saturated carbocycles. The van der Waals surface area contributed by atoms with Crippen molar-refractivity contribution in [3.05, 3.63) is 12.2 Å². The minimum Gasteiger partial charge on any atom is -0.354 e. The van der Waals surface area contributed by atoms with Crippen LogP contribution < -0.4 is 5.32 Å². The van der Waals surface area contributed by atoms with Crippen LogP contribution in [0.25, 0.3) is 0 Å². The fourth-order valence-electron chi connectivity index (χ4n) is 0.882. The second kappa shape index (κ2) is 4.95. The molecule has 1 aromatic heterocycles. The lowest BCUT2D eigenvalue weighted by Gasteiger charge is -2.09. The lowest BCUT2D eigenvalue weighted by atomic mass is 10.1. The topological polar surface area (TPSA) is 68.0 Å². The van der Waals surface area contributed by atoms with Gasteiger partial charge in [0.05, 0.1) is 0 Å². The highest BCUT2D eigenvalue weighted by Crippen LogP contribution is 2.07. The molecule has 0 spiro atoms. The van der Waals surface area contributed by atoms with Crippen LogP contribution in [0.2, 0.25) is 0 Å². The number of amides is 1. The summed E-state index contributed by atoms with van der Waals surface area (Å²) in [4.78, 5) is 15.0. The first kappa shape index (κ1) is 11.0. The summed E-state index contributed by atoms with van der Waals surface area (Å²) >= 11 is 5.57. The third-order valence-electron chi connectivity index (χ3n) is 1.76. The molecule has 14 heavy (non-hydrogen) atoms. The van der Waals surface area contributed by atoms with Crippen LogP contribution in [0, 0.1) is 0 Å². The van der Waals surface area contributed by atoms with E-state index >= 15 is 0 Å². The molecule has 0 aliphatic heterocycles. The number of halogens is 1. The first-order valence-corrected chi connectivity index (χ1v) is 4.73. The molecule has 78 valence electrons. The normalized spacial score (nSPS) is 14.8. The summed E-state index contributed by atoms with van der Waals surface area (Å²) in [7, 11) is 0. The summed E-state index contributed by atoms with van der Waals surface area (Å²) in [6.45, 7) is 3.97. The fourth-order valence-corrected chi connectivity index (χ4v) is 0.959. The smallest absolute Gasteiger partial charge is 0.237 e. The molecule has 2 atom stereocenters. The largest absolute Gasteiger partial charge is 0.354 e. The Hall–Kier alpha value is -1.10. The highest BCUT2D eigenvalue weighted by atomic mass is 35.5. The zero-order valence-electron chi connectivity index (χ0n) is 8.03. The van der Waals surface area contributed by atoms with Crippen molar-refractivity contribution < 1.29 is 9.32 Å². The molecule has 1 heterocycles. The predicted octanol–water partition coefficient (Wildman–Crippen LogP) is 0.917. The molecule has 0 aliphatic rings. The summed E-state index contributed by atoms with van der Waals surface area (Å²) < 4.78 is 4.59. The van der Waals surface area contributed by atoms with Crippen molar-refractivity contribution in [1.82, 2.24) is 15.5 Å². The number of aromatic nitrogens is 2. The Labute approximate surface area is 86.8 Å². The van der Waals surface area contributed by atoms with Crippen molar-refractivity contribution in [2.45, 2.75) is 25.1 Å². The third kappa shape index (κ3) is 2.99. The molecule has 1 amide bonds. The first-order valence-electron chi connectivity index (χ1n) is 4.29.